The predicted octanol–water partition coefficient (Wildman–Crippen LogP) is 3.20. The first kappa shape index (κ1) is 19.4. The quantitative estimate of drug-likeness (QED) is 0.608. The van der Waals surface area contributed by atoms with E-state index in [1.807, 2.05) is 12.1 Å². The normalized spacial score (nSPS) is 16.3. The summed E-state index contributed by atoms with van der Waals surface area (Å²) in [5, 5.41) is 6.81. The number of hydrogen-bond acceptors (Lipinski definition) is 2. The molecule has 1 saturated heterocycles. The summed E-state index contributed by atoms with van der Waals surface area (Å²) in [6.07, 6.45) is 2.84. The summed E-state index contributed by atoms with van der Waals surface area (Å²) in [6.45, 7) is 3.84. The van der Waals surface area contributed by atoms with Crippen LogP contribution in [0.1, 0.15) is 24.0 Å². The Morgan fingerprint density at radius 1 is 1.07 bits per heavy atom. The van der Waals surface area contributed by atoms with E-state index in [-0.39, 0.29) is 5.82 Å². The van der Waals surface area contributed by atoms with E-state index < -0.39 is 0 Å². The third-order valence-corrected chi connectivity index (χ3v) is 5.05. The van der Waals surface area contributed by atoms with E-state index in [0.29, 0.717) is 19.0 Å². The average Bonchev–Trinajstić information content (AvgIpc) is 2.71. The first-order valence-corrected chi connectivity index (χ1v) is 9.71. The lowest BCUT2D eigenvalue weighted by Crippen LogP contribution is -2.48. The SMILES string of the molecule is CN=C(NCCc1ccccc1F)NC1CCN(Cc2ccccc2)CC1. The molecule has 144 valence electrons. The van der Waals surface area contributed by atoms with Crippen molar-refractivity contribution in [1.29, 1.82) is 0 Å². The summed E-state index contributed by atoms with van der Waals surface area (Å²) < 4.78 is 13.7. The molecule has 0 amide bonds. The van der Waals surface area contributed by atoms with Gasteiger partial charge in [0.1, 0.15) is 5.82 Å². The smallest absolute Gasteiger partial charge is 0.191 e. The molecule has 2 aromatic carbocycles. The lowest BCUT2D eigenvalue weighted by molar-refractivity contribution is 0.198. The van der Waals surface area contributed by atoms with E-state index >= 15 is 0 Å². The minimum absolute atomic E-state index is 0.145. The van der Waals surface area contributed by atoms with E-state index in [4.69, 9.17) is 0 Å². The molecule has 1 heterocycles. The van der Waals surface area contributed by atoms with Gasteiger partial charge in [-0.15, -0.1) is 0 Å². The van der Waals surface area contributed by atoms with Gasteiger partial charge in [0.15, 0.2) is 5.96 Å². The van der Waals surface area contributed by atoms with E-state index in [9.17, 15) is 4.39 Å². The van der Waals surface area contributed by atoms with Crippen LogP contribution in [-0.4, -0.2) is 43.6 Å². The number of nitrogens with zero attached hydrogens (tertiary/aromatic N) is 2. The molecule has 1 aliphatic rings. The van der Waals surface area contributed by atoms with Gasteiger partial charge in [-0.1, -0.05) is 48.5 Å². The van der Waals surface area contributed by atoms with Crippen LogP contribution >= 0.6 is 0 Å². The molecule has 27 heavy (non-hydrogen) atoms. The zero-order chi connectivity index (χ0) is 18.9. The third kappa shape index (κ3) is 6.07. The highest BCUT2D eigenvalue weighted by Crippen LogP contribution is 2.14. The second-order valence-electron chi connectivity index (χ2n) is 7.02. The zero-order valence-electron chi connectivity index (χ0n) is 16.0. The van der Waals surface area contributed by atoms with Crippen LogP contribution < -0.4 is 10.6 Å². The Morgan fingerprint density at radius 3 is 2.48 bits per heavy atom. The summed E-state index contributed by atoms with van der Waals surface area (Å²) in [5.74, 6) is 0.654. The molecular formula is C22H29FN4. The van der Waals surface area contributed by atoms with Gasteiger partial charge in [-0.2, -0.15) is 0 Å². The summed E-state index contributed by atoms with van der Waals surface area (Å²) in [6, 6.07) is 18.0. The largest absolute Gasteiger partial charge is 0.356 e. The molecule has 3 rings (SSSR count). The summed E-state index contributed by atoms with van der Waals surface area (Å²) in [7, 11) is 1.78. The van der Waals surface area contributed by atoms with E-state index in [1.165, 1.54) is 11.6 Å². The molecular weight excluding hydrogens is 339 g/mol. The van der Waals surface area contributed by atoms with Crippen molar-refractivity contribution in [2.24, 2.45) is 4.99 Å². The minimum atomic E-state index is -0.145. The highest BCUT2D eigenvalue weighted by Gasteiger charge is 2.19. The molecule has 0 spiro atoms. The first-order valence-electron chi connectivity index (χ1n) is 9.71. The van der Waals surface area contributed by atoms with Gasteiger partial charge in [0.05, 0.1) is 0 Å². The molecule has 0 aromatic heterocycles. The molecule has 0 saturated carbocycles. The Morgan fingerprint density at radius 2 is 1.78 bits per heavy atom. The number of aliphatic imine (C=N–C) groups is 1. The van der Waals surface area contributed by atoms with E-state index in [0.717, 1.165) is 44.0 Å². The van der Waals surface area contributed by atoms with Crippen LogP contribution in [0.3, 0.4) is 0 Å². The van der Waals surface area contributed by atoms with Crippen molar-refractivity contribution in [2.75, 3.05) is 26.7 Å². The molecule has 0 unspecified atom stereocenters. The van der Waals surface area contributed by atoms with Crippen LogP contribution in [0.2, 0.25) is 0 Å². The molecule has 0 radical (unpaired) electrons. The van der Waals surface area contributed by atoms with Crippen molar-refractivity contribution >= 4 is 5.96 Å². The molecule has 0 bridgehead atoms. The number of nitrogens with one attached hydrogen (secondary N) is 2. The van der Waals surface area contributed by atoms with Crippen LogP contribution in [0.25, 0.3) is 0 Å². The van der Waals surface area contributed by atoms with Gasteiger partial charge < -0.3 is 10.6 Å². The molecule has 2 N–H and O–H groups in total. The lowest BCUT2D eigenvalue weighted by Gasteiger charge is -2.33. The maximum Gasteiger partial charge on any atom is 0.191 e. The highest BCUT2D eigenvalue weighted by atomic mass is 19.1. The van der Waals surface area contributed by atoms with Gasteiger partial charge in [-0.3, -0.25) is 9.89 Å². The van der Waals surface area contributed by atoms with Crippen molar-refractivity contribution in [3.8, 4) is 0 Å². The maximum absolute atomic E-state index is 13.7. The molecule has 1 fully saturated rings. The van der Waals surface area contributed by atoms with E-state index in [1.54, 1.807) is 13.1 Å². The third-order valence-electron chi connectivity index (χ3n) is 5.05. The molecule has 0 aliphatic carbocycles. The topological polar surface area (TPSA) is 39.7 Å². The number of piperidine rings is 1. The van der Waals surface area contributed by atoms with Crippen LogP contribution in [0.5, 0.6) is 0 Å². The Balaban J connectivity index is 1.38. The molecule has 2 aromatic rings. The highest BCUT2D eigenvalue weighted by molar-refractivity contribution is 5.79. The van der Waals surface area contributed by atoms with Gasteiger partial charge in [0.25, 0.3) is 0 Å². The Labute approximate surface area is 161 Å². The van der Waals surface area contributed by atoms with E-state index in [2.05, 4.69) is 50.9 Å². The van der Waals surface area contributed by atoms with Gasteiger partial charge in [-0.05, 0) is 36.5 Å². The van der Waals surface area contributed by atoms with Crippen molar-refractivity contribution in [1.82, 2.24) is 15.5 Å². The second-order valence-corrected chi connectivity index (χ2v) is 7.02. The van der Waals surface area contributed by atoms with Crippen molar-refractivity contribution in [2.45, 2.75) is 31.8 Å². The van der Waals surface area contributed by atoms with Gasteiger partial charge in [0, 0.05) is 39.3 Å². The fraction of sp³-hybridized carbons (Fsp3) is 0.409. The Bertz CT molecular complexity index is 724. The molecule has 1 aliphatic heterocycles. The minimum Gasteiger partial charge on any atom is -0.356 e. The first-order chi connectivity index (χ1) is 13.2. The molecule has 4 nitrogen and oxygen atoms in total. The zero-order valence-corrected chi connectivity index (χ0v) is 16.0. The number of halogens is 1. The lowest BCUT2D eigenvalue weighted by atomic mass is 10.0. The number of rotatable bonds is 6. The summed E-state index contributed by atoms with van der Waals surface area (Å²) in [4.78, 5) is 6.81. The average molecular weight is 369 g/mol. The summed E-state index contributed by atoms with van der Waals surface area (Å²) in [5.41, 5.74) is 2.10. The second kappa shape index (κ2) is 10.1. The number of guanidine groups is 1. The monoisotopic (exact) mass is 368 g/mol. The van der Waals surface area contributed by atoms with Crippen LogP contribution in [-0.2, 0) is 13.0 Å². The fourth-order valence-electron chi connectivity index (χ4n) is 3.48. The van der Waals surface area contributed by atoms with Crippen LogP contribution in [0.15, 0.2) is 59.6 Å². The number of hydrogen-bond donors (Lipinski definition) is 2. The molecule has 5 heteroatoms. The number of benzene rings is 2. The maximum atomic E-state index is 13.7. The van der Waals surface area contributed by atoms with Crippen LogP contribution in [0.4, 0.5) is 4.39 Å². The Kier molecular flexibility index (Phi) is 7.22. The summed E-state index contributed by atoms with van der Waals surface area (Å²) >= 11 is 0. The predicted molar refractivity (Wildman–Crippen MR) is 109 cm³/mol. The van der Waals surface area contributed by atoms with Crippen molar-refractivity contribution in [3.05, 3.63) is 71.5 Å². The van der Waals surface area contributed by atoms with Crippen molar-refractivity contribution < 1.29 is 4.39 Å². The molecule has 0 atom stereocenters. The van der Waals surface area contributed by atoms with Gasteiger partial charge in [-0.25, -0.2) is 4.39 Å². The van der Waals surface area contributed by atoms with Crippen LogP contribution in [0, 0.1) is 5.82 Å². The fourth-order valence-corrected chi connectivity index (χ4v) is 3.48. The number of likely N-dealkylation sites (tertiary alicyclic amines) is 1. The Hall–Kier alpha value is -2.40. The van der Waals surface area contributed by atoms with Crippen molar-refractivity contribution in [3.63, 3.8) is 0 Å². The standard InChI is InChI=1S/C22H29FN4/c1-24-22(25-14-11-19-9-5-6-10-21(19)23)26-20-12-15-27(16-13-20)17-18-7-3-2-4-8-18/h2-10,20H,11-17H2,1H3,(H2,24,25,26). The van der Waals surface area contributed by atoms with Gasteiger partial charge in [0.2, 0.25) is 0 Å². The van der Waals surface area contributed by atoms with Gasteiger partial charge >= 0.3 is 0 Å².